The van der Waals surface area contributed by atoms with Crippen molar-refractivity contribution in [3.63, 3.8) is 0 Å². The Morgan fingerprint density at radius 3 is 2.42 bits per heavy atom. The van der Waals surface area contributed by atoms with Crippen LogP contribution < -0.4 is 5.43 Å². The molecule has 0 radical (unpaired) electrons. The van der Waals surface area contributed by atoms with E-state index in [-0.39, 0.29) is 18.8 Å². The molecule has 1 atom stereocenters. The number of nitrogens with one attached hydrogen (secondary N) is 2. The van der Waals surface area contributed by atoms with Gasteiger partial charge in [0.25, 0.3) is 5.91 Å². The number of aromatic nitrogens is 2. The van der Waals surface area contributed by atoms with Gasteiger partial charge in [0.15, 0.2) is 6.10 Å². The average Bonchev–Trinajstić information content (AvgIpc) is 3.35. The summed E-state index contributed by atoms with van der Waals surface area (Å²) in [6, 6.07) is 23.6. The van der Waals surface area contributed by atoms with E-state index in [1.165, 1.54) is 5.01 Å². The van der Waals surface area contributed by atoms with E-state index in [1.54, 1.807) is 30.3 Å². The zero-order valence-corrected chi connectivity index (χ0v) is 20.4. The van der Waals surface area contributed by atoms with Gasteiger partial charge in [-0.15, -0.1) is 0 Å². The Kier molecular flexibility index (Phi) is 8.02. The van der Waals surface area contributed by atoms with Crippen molar-refractivity contribution in [3.8, 4) is 22.4 Å². The zero-order chi connectivity index (χ0) is 25.7. The van der Waals surface area contributed by atoms with Gasteiger partial charge in [-0.1, -0.05) is 77.8 Å². The number of aliphatic hydroxyl groups excluding tert-OH is 1. The first-order chi connectivity index (χ1) is 17.3. The quantitative estimate of drug-likeness (QED) is 0.237. The molecular formula is C26H22Cl2N4O4. The number of hydrogen-bond donors (Lipinski definition) is 4. The van der Waals surface area contributed by atoms with Crippen molar-refractivity contribution in [2.24, 2.45) is 0 Å². The number of carboxylic acids is 1. The van der Waals surface area contributed by atoms with E-state index in [1.807, 2.05) is 48.5 Å². The highest BCUT2D eigenvalue weighted by molar-refractivity contribution is 6.33. The Balaban J connectivity index is 1.50. The third-order valence-corrected chi connectivity index (χ3v) is 5.96. The molecule has 0 spiro atoms. The number of carboxylic acid groups (broad SMARTS) is 1. The summed E-state index contributed by atoms with van der Waals surface area (Å²) in [5, 5.41) is 28.4. The van der Waals surface area contributed by atoms with E-state index < -0.39 is 18.0 Å². The van der Waals surface area contributed by atoms with Crippen molar-refractivity contribution in [2.45, 2.75) is 12.6 Å². The van der Waals surface area contributed by atoms with Crippen LogP contribution in [0.5, 0.6) is 0 Å². The molecule has 0 saturated heterocycles. The van der Waals surface area contributed by atoms with E-state index in [0.717, 1.165) is 16.7 Å². The minimum atomic E-state index is -1.70. The fourth-order valence-electron chi connectivity index (χ4n) is 3.58. The van der Waals surface area contributed by atoms with Gasteiger partial charge >= 0.3 is 5.97 Å². The lowest BCUT2D eigenvalue weighted by molar-refractivity contribution is -0.148. The Morgan fingerprint density at radius 1 is 0.972 bits per heavy atom. The van der Waals surface area contributed by atoms with Gasteiger partial charge in [-0.2, -0.15) is 5.10 Å². The summed E-state index contributed by atoms with van der Waals surface area (Å²) >= 11 is 12.3. The van der Waals surface area contributed by atoms with Crippen LogP contribution in [-0.4, -0.2) is 49.9 Å². The number of halogens is 2. The minimum Gasteiger partial charge on any atom is -0.479 e. The Labute approximate surface area is 217 Å². The lowest BCUT2D eigenvalue weighted by Crippen LogP contribution is -2.47. The first kappa shape index (κ1) is 25.4. The van der Waals surface area contributed by atoms with Crippen LogP contribution in [-0.2, 0) is 11.3 Å². The van der Waals surface area contributed by atoms with Gasteiger partial charge in [0.05, 0.1) is 17.3 Å². The van der Waals surface area contributed by atoms with Gasteiger partial charge < -0.3 is 10.2 Å². The smallest absolute Gasteiger partial charge is 0.333 e. The number of amides is 1. The van der Waals surface area contributed by atoms with Crippen molar-refractivity contribution in [2.75, 3.05) is 6.54 Å². The summed E-state index contributed by atoms with van der Waals surface area (Å²) in [6.07, 6.45) is -1.70. The van der Waals surface area contributed by atoms with Crippen molar-refractivity contribution in [1.82, 2.24) is 20.6 Å². The number of nitrogens with zero attached hydrogens (tertiary/aromatic N) is 2. The number of carbonyl (C=O) groups is 2. The topological polar surface area (TPSA) is 119 Å². The molecular weight excluding hydrogens is 503 g/mol. The number of aliphatic carboxylic acids is 1. The number of benzene rings is 3. The minimum absolute atomic E-state index is 0.149. The third-order valence-electron chi connectivity index (χ3n) is 5.40. The Morgan fingerprint density at radius 2 is 1.72 bits per heavy atom. The second-order valence-electron chi connectivity index (χ2n) is 8.03. The van der Waals surface area contributed by atoms with Crippen LogP contribution in [0.2, 0.25) is 10.0 Å². The second-order valence-corrected chi connectivity index (χ2v) is 8.87. The van der Waals surface area contributed by atoms with Crippen LogP contribution in [0.15, 0.2) is 78.9 Å². The van der Waals surface area contributed by atoms with Crippen LogP contribution in [0.1, 0.15) is 16.1 Å². The molecule has 0 fully saturated rings. The van der Waals surface area contributed by atoms with Gasteiger partial charge in [0.1, 0.15) is 5.69 Å². The van der Waals surface area contributed by atoms with Gasteiger partial charge in [0.2, 0.25) is 0 Å². The summed E-state index contributed by atoms with van der Waals surface area (Å²) in [6.45, 7) is -0.181. The number of aliphatic hydroxyl groups is 1. The molecule has 1 unspecified atom stereocenters. The largest absolute Gasteiger partial charge is 0.479 e. The number of rotatable bonds is 9. The molecule has 4 rings (SSSR count). The van der Waals surface area contributed by atoms with Crippen molar-refractivity contribution >= 4 is 35.1 Å². The van der Waals surface area contributed by atoms with Crippen molar-refractivity contribution in [3.05, 3.63) is 100 Å². The van der Waals surface area contributed by atoms with E-state index in [0.29, 0.717) is 21.3 Å². The number of hydrazine groups is 1. The second kappa shape index (κ2) is 11.4. The molecule has 184 valence electrons. The van der Waals surface area contributed by atoms with Gasteiger partial charge in [-0.05, 0) is 41.0 Å². The molecule has 1 heterocycles. The van der Waals surface area contributed by atoms with Gasteiger partial charge in [-0.25, -0.2) is 9.80 Å². The maximum Gasteiger partial charge on any atom is 0.333 e. The monoisotopic (exact) mass is 524 g/mol. The summed E-state index contributed by atoms with van der Waals surface area (Å²) in [4.78, 5) is 24.1. The number of carbonyl (C=O) groups excluding carboxylic acids is 1. The van der Waals surface area contributed by atoms with Gasteiger partial charge in [0, 0.05) is 17.1 Å². The summed E-state index contributed by atoms with van der Waals surface area (Å²) in [7, 11) is 0. The average molecular weight is 525 g/mol. The molecule has 0 bridgehead atoms. The first-order valence-corrected chi connectivity index (χ1v) is 11.7. The third kappa shape index (κ3) is 6.30. The number of aromatic amines is 1. The fourth-order valence-corrected chi connectivity index (χ4v) is 4.00. The van der Waals surface area contributed by atoms with Crippen LogP contribution in [0, 0.1) is 0 Å². The molecule has 3 aromatic carbocycles. The maximum atomic E-state index is 12.9. The highest BCUT2D eigenvalue weighted by Crippen LogP contribution is 2.26. The Hall–Kier alpha value is -3.69. The molecule has 0 aliphatic heterocycles. The number of hydrogen-bond acceptors (Lipinski definition) is 5. The maximum absolute atomic E-state index is 12.9. The molecule has 4 aromatic rings. The molecule has 8 nitrogen and oxygen atoms in total. The molecule has 4 N–H and O–H groups in total. The standard InChI is InChI=1S/C26H22Cl2N4O4/c27-19-5-3-4-18(12-19)17-10-8-16(9-11-17)14-32(15-24(33)26(35)36)31-25(34)23-13-22(29-30-23)20-6-1-2-7-21(20)28/h1-13,24,33H,14-15H2,(H,29,30)(H,31,34)(H,35,36). The summed E-state index contributed by atoms with van der Waals surface area (Å²) in [5.74, 6) is -1.94. The van der Waals surface area contributed by atoms with Crippen LogP contribution in [0.4, 0.5) is 0 Å². The first-order valence-electron chi connectivity index (χ1n) is 10.9. The Bertz CT molecular complexity index is 1370. The van der Waals surface area contributed by atoms with E-state index >= 15 is 0 Å². The zero-order valence-electron chi connectivity index (χ0n) is 18.9. The highest BCUT2D eigenvalue weighted by atomic mass is 35.5. The summed E-state index contributed by atoms with van der Waals surface area (Å²) in [5.41, 5.74) is 6.64. The molecule has 36 heavy (non-hydrogen) atoms. The lowest BCUT2D eigenvalue weighted by Gasteiger charge is -2.24. The van der Waals surface area contributed by atoms with Crippen LogP contribution in [0.25, 0.3) is 22.4 Å². The van der Waals surface area contributed by atoms with Crippen molar-refractivity contribution in [1.29, 1.82) is 0 Å². The van der Waals surface area contributed by atoms with E-state index in [9.17, 15) is 14.7 Å². The van der Waals surface area contributed by atoms with Gasteiger partial charge in [-0.3, -0.25) is 15.3 Å². The van der Waals surface area contributed by atoms with Crippen molar-refractivity contribution < 1.29 is 19.8 Å². The molecule has 0 aliphatic rings. The molecule has 1 aromatic heterocycles. The molecule has 1 amide bonds. The van der Waals surface area contributed by atoms with Crippen LogP contribution >= 0.6 is 23.2 Å². The highest BCUT2D eigenvalue weighted by Gasteiger charge is 2.21. The normalized spacial score (nSPS) is 11.9. The molecule has 0 aliphatic carbocycles. The SMILES string of the molecule is O=C(NN(Cc1ccc(-c2cccc(Cl)c2)cc1)CC(O)C(=O)O)c1cc(-c2ccccc2Cl)n[nH]1. The predicted octanol–water partition coefficient (Wildman–Crippen LogP) is 4.64. The summed E-state index contributed by atoms with van der Waals surface area (Å²) < 4.78 is 0. The number of H-pyrrole nitrogens is 1. The van der Waals surface area contributed by atoms with E-state index in [4.69, 9.17) is 28.3 Å². The molecule has 10 heteroatoms. The molecule has 0 saturated carbocycles. The predicted molar refractivity (Wildman–Crippen MR) is 137 cm³/mol. The van der Waals surface area contributed by atoms with Crippen LogP contribution in [0.3, 0.4) is 0 Å². The lowest BCUT2D eigenvalue weighted by atomic mass is 10.0. The fraction of sp³-hybridized carbons (Fsp3) is 0.115. The van der Waals surface area contributed by atoms with E-state index in [2.05, 4.69) is 15.6 Å².